The monoisotopic (exact) mass is 276 g/mol. The van der Waals surface area contributed by atoms with Gasteiger partial charge in [-0.25, -0.2) is 4.39 Å². The number of thioether (sulfide) groups is 1. The molecule has 1 aromatic heterocycles. The Morgan fingerprint density at radius 2 is 2.23 bits per heavy atom. The lowest BCUT2D eigenvalue weighted by atomic mass is 10.3. The molecule has 0 unspecified atom stereocenters. The van der Waals surface area contributed by atoms with E-state index in [0.717, 1.165) is 13.4 Å². The largest absolute Gasteiger partial charge is 0.204 e. The molecule has 0 N–H and O–H groups in total. The van der Waals surface area contributed by atoms with Crippen LogP contribution in [0.2, 0.25) is 0 Å². The standard InChI is InChI=1S/C9H6BrFS2/c1-12-9-7(11)5-3-2-4-6(10)8(5)13-9/h2-4H,1H3. The predicted molar refractivity (Wildman–Crippen MR) is 61.3 cm³/mol. The van der Waals surface area contributed by atoms with Gasteiger partial charge in [-0.3, -0.25) is 0 Å². The van der Waals surface area contributed by atoms with E-state index in [1.165, 1.54) is 23.1 Å². The summed E-state index contributed by atoms with van der Waals surface area (Å²) in [4.78, 5) is 0. The maximum atomic E-state index is 13.6. The molecular formula is C9H6BrFS2. The summed E-state index contributed by atoms with van der Waals surface area (Å²) in [5.74, 6) is -0.0891. The summed E-state index contributed by atoms with van der Waals surface area (Å²) in [5.41, 5.74) is 0. The Kier molecular flexibility index (Phi) is 2.62. The maximum absolute atomic E-state index is 13.6. The van der Waals surface area contributed by atoms with Crippen LogP contribution in [-0.4, -0.2) is 6.26 Å². The van der Waals surface area contributed by atoms with Crippen molar-refractivity contribution in [2.75, 3.05) is 6.26 Å². The summed E-state index contributed by atoms with van der Waals surface area (Å²) >= 11 is 6.35. The Morgan fingerprint density at radius 3 is 2.85 bits per heavy atom. The average molecular weight is 277 g/mol. The second kappa shape index (κ2) is 3.59. The minimum absolute atomic E-state index is 0.0891. The number of thiophene rings is 1. The fourth-order valence-corrected chi connectivity index (χ4v) is 3.46. The summed E-state index contributed by atoms with van der Waals surface area (Å²) in [6.45, 7) is 0. The molecule has 0 bridgehead atoms. The number of halogens is 2. The highest BCUT2D eigenvalue weighted by Gasteiger charge is 2.12. The molecular weight excluding hydrogens is 271 g/mol. The summed E-state index contributed by atoms with van der Waals surface area (Å²) in [6.07, 6.45) is 1.89. The lowest BCUT2D eigenvalue weighted by Crippen LogP contribution is -1.70. The molecule has 0 nitrogen and oxygen atoms in total. The van der Waals surface area contributed by atoms with Gasteiger partial charge in [0.15, 0.2) is 5.82 Å². The molecule has 4 heteroatoms. The first kappa shape index (κ1) is 9.49. The van der Waals surface area contributed by atoms with Crippen molar-refractivity contribution < 1.29 is 4.39 Å². The molecule has 0 aliphatic carbocycles. The van der Waals surface area contributed by atoms with Crippen LogP contribution in [0.5, 0.6) is 0 Å². The number of benzene rings is 1. The second-order valence-corrected chi connectivity index (χ2v) is 5.47. The van der Waals surface area contributed by atoms with Gasteiger partial charge < -0.3 is 0 Å². The topological polar surface area (TPSA) is 0 Å². The van der Waals surface area contributed by atoms with E-state index >= 15 is 0 Å². The molecule has 0 spiro atoms. The van der Waals surface area contributed by atoms with Crippen LogP contribution in [0.25, 0.3) is 10.1 Å². The minimum atomic E-state index is -0.0891. The number of hydrogen-bond donors (Lipinski definition) is 0. The van der Waals surface area contributed by atoms with Crippen LogP contribution in [-0.2, 0) is 0 Å². The molecule has 0 fully saturated rings. The van der Waals surface area contributed by atoms with Crippen LogP contribution < -0.4 is 0 Å². The fraction of sp³-hybridized carbons (Fsp3) is 0.111. The van der Waals surface area contributed by atoms with Gasteiger partial charge in [0.25, 0.3) is 0 Å². The lowest BCUT2D eigenvalue weighted by molar-refractivity contribution is 0.623. The minimum Gasteiger partial charge on any atom is -0.204 e. The third-order valence-corrected chi connectivity index (χ3v) is 4.99. The Bertz CT molecular complexity index is 450. The summed E-state index contributed by atoms with van der Waals surface area (Å²) in [5, 5.41) is 0.712. The van der Waals surface area contributed by atoms with E-state index in [1.807, 2.05) is 24.5 Å². The molecule has 1 aromatic carbocycles. The van der Waals surface area contributed by atoms with Gasteiger partial charge in [0, 0.05) is 9.86 Å². The first-order valence-electron chi connectivity index (χ1n) is 3.64. The second-order valence-electron chi connectivity index (χ2n) is 2.52. The van der Waals surface area contributed by atoms with E-state index in [2.05, 4.69) is 15.9 Å². The van der Waals surface area contributed by atoms with E-state index in [1.54, 1.807) is 0 Å². The molecule has 0 radical (unpaired) electrons. The van der Waals surface area contributed by atoms with Crippen molar-refractivity contribution in [2.24, 2.45) is 0 Å². The van der Waals surface area contributed by atoms with Gasteiger partial charge in [0.05, 0.1) is 8.91 Å². The van der Waals surface area contributed by atoms with Crippen LogP contribution in [0.3, 0.4) is 0 Å². The zero-order chi connectivity index (χ0) is 9.42. The molecule has 2 aromatic rings. The van der Waals surface area contributed by atoms with Crippen LogP contribution in [0.4, 0.5) is 4.39 Å². The number of fused-ring (bicyclic) bond motifs is 1. The van der Waals surface area contributed by atoms with Crippen molar-refractivity contribution in [3.63, 3.8) is 0 Å². The van der Waals surface area contributed by atoms with Crippen molar-refractivity contribution in [3.05, 3.63) is 28.5 Å². The predicted octanol–water partition coefficient (Wildman–Crippen LogP) is 4.52. The Labute approximate surface area is 92.3 Å². The van der Waals surface area contributed by atoms with Crippen LogP contribution in [0.1, 0.15) is 0 Å². The van der Waals surface area contributed by atoms with Crippen molar-refractivity contribution >= 4 is 49.1 Å². The first-order chi connectivity index (χ1) is 6.24. The van der Waals surface area contributed by atoms with E-state index in [0.29, 0.717) is 5.39 Å². The average Bonchev–Trinajstić information content (AvgIpc) is 2.45. The zero-order valence-corrected chi connectivity index (χ0v) is 10.0. The number of rotatable bonds is 1. The van der Waals surface area contributed by atoms with Crippen LogP contribution >= 0.6 is 39.0 Å². The van der Waals surface area contributed by atoms with Crippen molar-refractivity contribution in [1.29, 1.82) is 0 Å². The highest BCUT2D eigenvalue weighted by Crippen LogP contribution is 2.39. The highest BCUT2D eigenvalue weighted by atomic mass is 79.9. The molecule has 68 valence electrons. The van der Waals surface area contributed by atoms with Gasteiger partial charge in [-0.1, -0.05) is 12.1 Å². The van der Waals surface area contributed by atoms with Crippen molar-refractivity contribution in [3.8, 4) is 0 Å². The number of hydrogen-bond acceptors (Lipinski definition) is 2. The Morgan fingerprint density at radius 1 is 1.46 bits per heavy atom. The molecule has 0 amide bonds. The van der Waals surface area contributed by atoms with Gasteiger partial charge >= 0.3 is 0 Å². The quantitative estimate of drug-likeness (QED) is 0.690. The zero-order valence-electron chi connectivity index (χ0n) is 6.80. The highest BCUT2D eigenvalue weighted by molar-refractivity contribution is 9.10. The molecule has 0 saturated heterocycles. The van der Waals surface area contributed by atoms with Gasteiger partial charge in [0.2, 0.25) is 0 Å². The molecule has 13 heavy (non-hydrogen) atoms. The summed E-state index contributed by atoms with van der Waals surface area (Å²) in [7, 11) is 0. The SMILES string of the molecule is CSc1sc2c(Br)cccc2c1F. The van der Waals surface area contributed by atoms with E-state index in [4.69, 9.17) is 0 Å². The van der Waals surface area contributed by atoms with Crippen molar-refractivity contribution in [2.45, 2.75) is 4.21 Å². The van der Waals surface area contributed by atoms with Gasteiger partial charge in [-0.2, -0.15) is 0 Å². The lowest BCUT2D eigenvalue weighted by Gasteiger charge is -1.90. The maximum Gasteiger partial charge on any atom is 0.155 e. The van der Waals surface area contributed by atoms with Gasteiger partial charge in [-0.15, -0.1) is 23.1 Å². The molecule has 1 heterocycles. The van der Waals surface area contributed by atoms with Crippen LogP contribution in [0, 0.1) is 5.82 Å². The van der Waals surface area contributed by atoms with Gasteiger partial charge in [0.1, 0.15) is 0 Å². The molecule has 0 aliphatic rings. The molecule has 0 atom stereocenters. The van der Waals surface area contributed by atoms with Crippen LogP contribution in [0.15, 0.2) is 26.9 Å². The Balaban J connectivity index is 2.83. The van der Waals surface area contributed by atoms with E-state index in [9.17, 15) is 4.39 Å². The normalized spacial score (nSPS) is 11.0. The molecule has 0 aliphatic heterocycles. The summed E-state index contributed by atoms with van der Waals surface area (Å²) in [6, 6.07) is 5.60. The molecule has 2 rings (SSSR count). The third kappa shape index (κ3) is 1.51. The van der Waals surface area contributed by atoms with E-state index in [-0.39, 0.29) is 5.82 Å². The Hall–Kier alpha value is -0.0600. The fourth-order valence-electron chi connectivity index (χ4n) is 1.16. The van der Waals surface area contributed by atoms with E-state index < -0.39 is 0 Å². The smallest absolute Gasteiger partial charge is 0.155 e. The van der Waals surface area contributed by atoms with Crippen molar-refractivity contribution in [1.82, 2.24) is 0 Å². The summed E-state index contributed by atoms with van der Waals surface area (Å²) < 4.78 is 16.3. The first-order valence-corrected chi connectivity index (χ1v) is 6.48. The molecule has 0 saturated carbocycles. The third-order valence-electron chi connectivity index (χ3n) is 1.76. The van der Waals surface area contributed by atoms with Gasteiger partial charge in [-0.05, 0) is 28.3 Å².